The predicted octanol–water partition coefficient (Wildman–Crippen LogP) is 1.77. The van der Waals surface area contributed by atoms with Gasteiger partial charge in [-0.05, 0) is 31.1 Å². The molecule has 26 heavy (non-hydrogen) atoms. The van der Waals surface area contributed by atoms with Gasteiger partial charge >= 0.3 is 0 Å². The molecule has 4 rings (SSSR count). The average molecular weight is 388 g/mol. The van der Waals surface area contributed by atoms with Crippen LogP contribution >= 0.6 is 24.0 Å². The molecule has 2 N–H and O–H groups in total. The van der Waals surface area contributed by atoms with Crippen LogP contribution in [0.3, 0.4) is 0 Å². The van der Waals surface area contributed by atoms with Gasteiger partial charge in [0.25, 0.3) is 11.5 Å². The van der Waals surface area contributed by atoms with Gasteiger partial charge in [0.1, 0.15) is 15.8 Å². The number of hydrogen-bond donors (Lipinski definition) is 2. The number of amides is 1. The summed E-state index contributed by atoms with van der Waals surface area (Å²) in [7, 11) is 0. The Kier molecular flexibility index (Phi) is 4.75. The summed E-state index contributed by atoms with van der Waals surface area (Å²) < 4.78 is 7.46. The van der Waals surface area contributed by atoms with Gasteiger partial charge < -0.3 is 15.4 Å². The summed E-state index contributed by atoms with van der Waals surface area (Å²) in [5.41, 5.74) is 0.617. The first-order valence-electron chi connectivity index (χ1n) is 8.23. The fourth-order valence-electron chi connectivity index (χ4n) is 2.94. The van der Waals surface area contributed by atoms with E-state index in [-0.39, 0.29) is 17.6 Å². The van der Waals surface area contributed by atoms with Gasteiger partial charge in [-0.15, -0.1) is 0 Å². The topological polar surface area (TPSA) is 84.7 Å². The number of anilines is 1. The highest BCUT2D eigenvalue weighted by atomic mass is 32.2. The zero-order valence-electron chi connectivity index (χ0n) is 13.7. The summed E-state index contributed by atoms with van der Waals surface area (Å²) in [5.74, 6) is 0.137. The van der Waals surface area contributed by atoms with E-state index in [0.717, 1.165) is 31.2 Å². The minimum Gasteiger partial charge on any atom is -0.376 e. The quantitative estimate of drug-likeness (QED) is 0.610. The number of aromatic nitrogens is 2. The summed E-state index contributed by atoms with van der Waals surface area (Å²) in [4.78, 5) is 29.9. The molecule has 2 aromatic rings. The monoisotopic (exact) mass is 388 g/mol. The van der Waals surface area contributed by atoms with Crippen molar-refractivity contribution in [2.75, 3.05) is 18.5 Å². The molecule has 2 aromatic heterocycles. The second-order valence-electron chi connectivity index (χ2n) is 5.98. The lowest BCUT2D eigenvalue weighted by Crippen LogP contribution is -2.24. The van der Waals surface area contributed by atoms with E-state index in [1.54, 1.807) is 24.4 Å². The molecule has 0 radical (unpaired) electrons. The highest BCUT2D eigenvalue weighted by Gasteiger charge is 2.24. The van der Waals surface area contributed by atoms with Crippen molar-refractivity contribution in [3.63, 3.8) is 0 Å². The number of rotatable bonds is 4. The van der Waals surface area contributed by atoms with Gasteiger partial charge in [-0.1, -0.05) is 30.0 Å². The van der Waals surface area contributed by atoms with Gasteiger partial charge in [-0.25, -0.2) is 4.98 Å². The minimum atomic E-state index is -0.303. The molecule has 7 nitrogen and oxygen atoms in total. The fourth-order valence-corrected chi connectivity index (χ4v) is 3.96. The molecule has 0 spiro atoms. The van der Waals surface area contributed by atoms with Crippen molar-refractivity contribution in [1.82, 2.24) is 14.7 Å². The second kappa shape index (κ2) is 7.18. The van der Waals surface area contributed by atoms with Crippen LogP contribution < -0.4 is 16.2 Å². The van der Waals surface area contributed by atoms with Crippen LogP contribution in [-0.2, 0) is 9.53 Å². The van der Waals surface area contributed by atoms with Crippen molar-refractivity contribution in [2.24, 2.45) is 0 Å². The van der Waals surface area contributed by atoms with Crippen molar-refractivity contribution in [3.8, 4) is 0 Å². The van der Waals surface area contributed by atoms with Gasteiger partial charge in [0.2, 0.25) is 0 Å². The Morgan fingerprint density at radius 2 is 2.35 bits per heavy atom. The molecule has 9 heteroatoms. The van der Waals surface area contributed by atoms with Crippen molar-refractivity contribution >= 4 is 51.7 Å². The third kappa shape index (κ3) is 3.37. The first kappa shape index (κ1) is 17.2. The molecule has 1 atom stereocenters. The summed E-state index contributed by atoms with van der Waals surface area (Å²) in [6, 6.07) is 5.35. The van der Waals surface area contributed by atoms with E-state index in [1.807, 2.05) is 6.07 Å². The minimum absolute atomic E-state index is 0.100. The molecule has 0 aromatic carbocycles. The number of ether oxygens (including phenoxy) is 1. The maximum atomic E-state index is 13.0. The van der Waals surface area contributed by atoms with Crippen LogP contribution in [-0.4, -0.2) is 38.9 Å². The number of carbonyl (C=O) groups excluding carboxylic acids is 1. The Morgan fingerprint density at radius 3 is 3.08 bits per heavy atom. The maximum Gasteiger partial charge on any atom is 0.267 e. The smallest absolute Gasteiger partial charge is 0.267 e. The molecule has 0 bridgehead atoms. The highest BCUT2D eigenvalue weighted by Crippen LogP contribution is 2.27. The van der Waals surface area contributed by atoms with E-state index in [9.17, 15) is 9.59 Å². The number of fused-ring (bicyclic) bond motifs is 1. The van der Waals surface area contributed by atoms with Crippen LogP contribution in [0.1, 0.15) is 18.4 Å². The van der Waals surface area contributed by atoms with Gasteiger partial charge in [-0.3, -0.25) is 14.0 Å². The number of carbonyl (C=O) groups is 1. The van der Waals surface area contributed by atoms with E-state index < -0.39 is 0 Å². The SMILES string of the molecule is O=C1NC(=S)S/C1=C\c1c(NCC2CCCO2)nc2ccccn2c1=O. The van der Waals surface area contributed by atoms with E-state index in [2.05, 4.69) is 15.6 Å². The number of nitrogens with one attached hydrogen (secondary N) is 2. The molecule has 0 aliphatic carbocycles. The first-order chi connectivity index (χ1) is 12.6. The van der Waals surface area contributed by atoms with Crippen LogP contribution in [0.25, 0.3) is 11.7 Å². The zero-order chi connectivity index (χ0) is 18.1. The Morgan fingerprint density at radius 1 is 1.46 bits per heavy atom. The number of pyridine rings is 1. The molecule has 2 aliphatic rings. The molecule has 4 heterocycles. The third-order valence-corrected chi connectivity index (χ3v) is 5.37. The number of nitrogens with zero attached hydrogens (tertiary/aromatic N) is 2. The van der Waals surface area contributed by atoms with Crippen LogP contribution in [0.4, 0.5) is 5.82 Å². The normalized spacial score (nSPS) is 21.5. The Balaban J connectivity index is 1.77. The van der Waals surface area contributed by atoms with Crippen molar-refractivity contribution < 1.29 is 9.53 Å². The Hall–Kier alpha value is -2.23. The predicted molar refractivity (Wildman–Crippen MR) is 105 cm³/mol. The van der Waals surface area contributed by atoms with Crippen molar-refractivity contribution in [1.29, 1.82) is 0 Å². The number of hydrogen-bond acceptors (Lipinski definition) is 7. The maximum absolute atomic E-state index is 13.0. The van der Waals surface area contributed by atoms with Crippen molar-refractivity contribution in [2.45, 2.75) is 18.9 Å². The molecule has 1 unspecified atom stereocenters. The lowest BCUT2D eigenvalue weighted by Gasteiger charge is -2.14. The zero-order valence-corrected chi connectivity index (χ0v) is 15.4. The largest absolute Gasteiger partial charge is 0.376 e. The van der Waals surface area contributed by atoms with Crippen LogP contribution in [0.5, 0.6) is 0 Å². The van der Waals surface area contributed by atoms with E-state index >= 15 is 0 Å². The molecule has 2 saturated heterocycles. The van der Waals surface area contributed by atoms with Gasteiger partial charge in [0, 0.05) is 19.3 Å². The molecule has 0 saturated carbocycles. The van der Waals surface area contributed by atoms with Crippen LogP contribution in [0.15, 0.2) is 34.1 Å². The van der Waals surface area contributed by atoms with Gasteiger partial charge in [0.05, 0.1) is 16.6 Å². The Bertz CT molecular complexity index is 980. The summed E-state index contributed by atoms with van der Waals surface area (Å²) in [6.45, 7) is 1.31. The fraction of sp³-hybridized carbons (Fsp3) is 0.294. The van der Waals surface area contributed by atoms with E-state index in [1.165, 1.54) is 4.40 Å². The second-order valence-corrected chi connectivity index (χ2v) is 7.70. The number of thioether (sulfide) groups is 1. The van der Waals surface area contributed by atoms with Crippen LogP contribution in [0, 0.1) is 0 Å². The molecule has 2 fully saturated rings. The molecule has 1 amide bonds. The van der Waals surface area contributed by atoms with E-state index in [4.69, 9.17) is 17.0 Å². The number of thiocarbonyl (C=S) groups is 1. The average Bonchev–Trinajstić information content (AvgIpc) is 3.25. The Labute approximate surface area is 158 Å². The summed E-state index contributed by atoms with van der Waals surface area (Å²) in [5, 5.41) is 5.78. The molecular weight excluding hydrogens is 372 g/mol. The van der Waals surface area contributed by atoms with Crippen molar-refractivity contribution in [3.05, 3.63) is 45.2 Å². The lowest BCUT2D eigenvalue weighted by atomic mass is 10.2. The molecular formula is C17H16N4O3S2. The highest BCUT2D eigenvalue weighted by molar-refractivity contribution is 8.26. The molecule has 2 aliphatic heterocycles. The summed E-state index contributed by atoms with van der Waals surface area (Å²) in [6.07, 6.45) is 5.31. The molecule has 134 valence electrons. The standard InChI is InChI=1S/C17H16N4O3S2/c22-15-12(26-17(25)20-15)8-11-14(18-9-10-4-3-7-24-10)19-13-5-1-2-6-21(13)16(11)23/h1-2,5-6,8,10,18H,3-4,7,9H2,(H,20,22,25)/b12-8-. The van der Waals surface area contributed by atoms with Gasteiger partial charge in [0.15, 0.2) is 0 Å². The summed E-state index contributed by atoms with van der Waals surface area (Å²) >= 11 is 6.15. The van der Waals surface area contributed by atoms with Crippen LogP contribution in [0.2, 0.25) is 0 Å². The first-order valence-corrected chi connectivity index (χ1v) is 9.46. The lowest BCUT2D eigenvalue weighted by molar-refractivity contribution is -0.115. The van der Waals surface area contributed by atoms with E-state index in [0.29, 0.717) is 32.8 Å². The third-order valence-electron chi connectivity index (χ3n) is 4.21. The van der Waals surface area contributed by atoms with Gasteiger partial charge in [-0.2, -0.15) is 0 Å².